The summed E-state index contributed by atoms with van der Waals surface area (Å²) in [5.41, 5.74) is 0.613. The van der Waals surface area contributed by atoms with Gasteiger partial charge in [0, 0.05) is 25.2 Å². The molecular formula is C14H22F2IN3. The Bertz CT molecular complexity index is 416. The molecule has 0 spiro atoms. The molecule has 0 fully saturated rings. The van der Waals surface area contributed by atoms with Gasteiger partial charge in [0.1, 0.15) is 11.6 Å². The zero-order valence-corrected chi connectivity index (χ0v) is 14.4. The maximum absolute atomic E-state index is 13.0. The Balaban J connectivity index is 0.00000361. The fourth-order valence-corrected chi connectivity index (χ4v) is 1.65. The van der Waals surface area contributed by atoms with E-state index in [9.17, 15) is 8.78 Å². The molecule has 0 radical (unpaired) electrons. The molecule has 0 aliphatic rings. The molecule has 0 aromatic heterocycles. The minimum absolute atomic E-state index is 0. The number of halogens is 3. The zero-order valence-electron chi connectivity index (χ0n) is 12.0. The van der Waals surface area contributed by atoms with Gasteiger partial charge in [0.05, 0.1) is 0 Å². The Morgan fingerprint density at radius 2 is 1.80 bits per heavy atom. The smallest absolute Gasteiger partial charge is 0.191 e. The summed E-state index contributed by atoms with van der Waals surface area (Å²) in [7, 11) is 0. The molecular weight excluding hydrogens is 375 g/mol. The number of benzene rings is 1. The van der Waals surface area contributed by atoms with Crippen LogP contribution >= 0.6 is 24.0 Å². The third-order valence-corrected chi connectivity index (χ3v) is 2.36. The first-order valence-corrected chi connectivity index (χ1v) is 6.51. The summed E-state index contributed by atoms with van der Waals surface area (Å²) in [6.45, 7) is 7.28. The molecule has 0 aliphatic heterocycles. The molecule has 0 amide bonds. The van der Waals surface area contributed by atoms with E-state index < -0.39 is 11.6 Å². The maximum Gasteiger partial charge on any atom is 0.191 e. The van der Waals surface area contributed by atoms with Gasteiger partial charge in [-0.2, -0.15) is 0 Å². The van der Waals surface area contributed by atoms with E-state index >= 15 is 0 Å². The fraction of sp³-hybridized carbons (Fsp3) is 0.500. The van der Waals surface area contributed by atoms with Crippen molar-refractivity contribution in [1.82, 2.24) is 10.6 Å². The number of aliphatic imine (C=N–C) groups is 1. The van der Waals surface area contributed by atoms with Gasteiger partial charge in [0.2, 0.25) is 0 Å². The summed E-state index contributed by atoms with van der Waals surface area (Å²) in [5, 5.41) is 6.29. The van der Waals surface area contributed by atoms with Gasteiger partial charge in [-0.25, -0.2) is 8.78 Å². The van der Waals surface area contributed by atoms with Gasteiger partial charge in [0.25, 0.3) is 0 Å². The molecule has 0 saturated carbocycles. The van der Waals surface area contributed by atoms with Crippen molar-refractivity contribution >= 4 is 29.9 Å². The molecule has 0 heterocycles. The van der Waals surface area contributed by atoms with Crippen molar-refractivity contribution in [3.05, 3.63) is 35.4 Å². The van der Waals surface area contributed by atoms with Crippen molar-refractivity contribution in [2.45, 2.75) is 33.2 Å². The minimum atomic E-state index is -0.550. The van der Waals surface area contributed by atoms with Crippen LogP contribution in [0.25, 0.3) is 0 Å². The number of nitrogens with zero attached hydrogens (tertiary/aromatic N) is 1. The van der Waals surface area contributed by atoms with E-state index in [4.69, 9.17) is 0 Å². The van der Waals surface area contributed by atoms with Crippen molar-refractivity contribution in [3.8, 4) is 0 Å². The molecule has 0 atom stereocenters. The Morgan fingerprint density at radius 1 is 1.20 bits per heavy atom. The van der Waals surface area contributed by atoms with Crippen molar-refractivity contribution in [1.29, 1.82) is 0 Å². The molecule has 2 N–H and O–H groups in total. The summed E-state index contributed by atoms with van der Waals surface area (Å²) >= 11 is 0. The molecule has 0 bridgehead atoms. The van der Waals surface area contributed by atoms with Crippen LogP contribution in [-0.4, -0.2) is 25.1 Å². The second-order valence-electron chi connectivity index (χ2n) is 4.59. The largest absolute Gasteiger partial charge is 0.357 e. The Labute approximate surface area is 136 Å². The van der Waals surface area contributed by atoms with E-state index in [2.05, 4.69) is 15.6 Å². The topological polar surface area (TPSA) is 36.4 Å². The maximum atomic E-state index is 13.0. The van der Waals surface area contributed by atoms with Crippen LogP contribution in [0.5, 0.6) is 0 Å². The highest BCUT2D eigenvalue weighted by Crippen LogP contribution is 2.08. The highest BCUT2D eigenvalue weighted by molar-refractivity contribution is 14.0. The van der Waals surface area contributed by atoms with Crippen LogP contribution in [0.4, 0.5) is 8.78 Å². The highest BCUT2D eigenvalue weighted by atomic mass is 127. The van der Waals surface area contributed by atoms with Crippen LogP contribution in [-0.2, 0) is 6.42 Å². The third kappa shape index (κ3) is 7.62. The monoisotopic (exact) mass is 397 g/mol. The summed E-state index contributed by atoms with van der Waals surface area (Å²) < 4.78 is 26.0. The van der Waals surface area contributed by atoms with Gasteiger partial charge in [0.15, 0.2) is 5.96 Å². The summed E-state index contributed by atoms with van der Waals surface area (Å²) in [6.07, 6.45) is 0.503. The number of guanidine groups is 1. The van der Waals surface area contributed by atoms with Gasteiger partial charge in [-0.15, -0.1) is 24.0 Å². The van der Waals surface area contributed by atoms with Gasteiger partial charge >= 0.3 is 0 Å². The van der Waals surface area contributed by atoms with Crippen molar-refractivity contribution in [3.63, 3.8) is 0 Å². The van der Waals surface area contributed by atoms with Gasteiger partial charge in [-0.1, -0.05) is 0 Å². The molecule has 114 valence electrons. The second kappa shape index (κ2) is 9.90. The van der Waals surface area contributed by atoms with Crippen LogP contribution in [0.3, 0.4) is 0 Å². The SMILES string of the molecule is CCNC(=NCCc1cc(F)cc(F)c1)NC(C)C.I. The summed E-state index contributed by atoms with van der Waals surface area (Å²) in [6, 6.07) is 3.82. The number of hydrogen-bond donors (Lipinski definition) is 2. The average molecular weight is 397 g/mol. The van der Waals surface area contributed by atoms with E-state index in [0.717, 1.165) is 18.6 Å². The predicted molar refractivity (Wildman–Crippen MR) is 89.7 cm³/mol. The Kier molecular flexibility index (Phi) is 9.45. The van der Waals surface area contributed by atoms with Gasteiger partial charge < -0.3 is 10.6 Å². The van der Waals surface area contributed by atoms with Crippen LogP contribution < -0.4 is 10.6 Å². The van der Waals surface area contributed by atoms with E-state index in [0.29, 0.717) is 18.5 Å². The van der Waals surface area contributed by atoms with Crippen molar-refractivity contribution < 1.29 is 8.78 Å². The van der Waals surface area contributed by atoms with E-state index in [-0.39, 0.29) is 30.0 Å². The summed E-state index contributed by atoms with van der Waals surface area (Å²) in [5.74, 6) is -0.383. The average Bonchev–Trinajstić information content (AvgIpc) is 2.27. The van der Waals surface area contributed by atoms with Gasteiger partial charge in [-0.05, 0) is 44.9 Å². The van der Waals surface area contributed by atoms with Crippen LogP contribution in [0.2, 0.25) is 0 Å². The lowest BCUT2D eigenvalue weighted by atomic mass is 10.1. The first kappa shape index (κ1) is 19.1. The van der Waals surface area contributed by atoms with Crippen LogP contribution in [0, 0.1) is 11.6 Å². The lowest BCUT2D eigenvalue weighted by Crippen LogP contribution is -2.41. The quantitative estimate of drug-likeness (QED) is 0.455. The normalized spacial score (nSPS) is 11.2. The molecule has 0 aliphatic carbocycles. The number of rotatable bonds is 5. The predicted octanol–water partition coefficient (Wildman–Crippen LogP) is 3.09. The van der Waals surface area contributed by atoms with Crippen molar-refractivity contribution in [2.24, 2.45) is 4.99 Å². The second-order valence-corrected chi connectivity index (χ2v) is 4.59. The van der Waals surface area contributed by atoms with Crippen molar-refractivity contribution in [2.75, 3.05) is 13.1 Å². The molecule has 1 rings (SSSR count). The molecule has 0 unspecified atom stereocenters. The standard InChI is InChI=1S/C14H21F2N3.HI/c1-4-17-14(19-10(2)3)18-6-5-11-7-12(15)9-13(16)8-11;/h7-10H,4-6H2,1-3H3,(H2,17,18,19);1H. The highest BCUT2D eigenvalue weighted by Gasteiger charge is 2.02. The first-order valence-electron chi connectivity index (χ1n) is 6.51. The molecule has 6 heteroatoms. The summed E-state index contributed by atoms with van der Waals surface area (Å²) in [4.78, 5) is 4.36. The Hall–Kier alpha value is -0.920. The van der Waals surface area contributed by atoms with E-state index in [1.165, 1.54) is 12.1 Å². The van der Waals surface area contributed by atoms with Crippen LogP contribution in [0.1, 0.15) is 26.3 Å². The Morgan fingerprint density at radius 3 is 2.30 bits per heavy atom. The molecule has 1 aromatic carbocycles. The molecule has 1 aromatic rings. The molecule has 20 heavy (non-hydrogen) atoms. The van der Waals surface area contributed by atoms with Gasteiger partial charge in [-0.3, -0.25) is 4.99 Å². The lowest BCUT2D eigenvalue weighted by molar-refractivity contribution is 0.579. The third-order valence-electron chi connectivity index (χ3n) is 2.36. The zero-order chi connectivity index (χ0) is 14.3. The van der Waals surface area contributed by atoms with E-state index in [1.54, 1.807) is 0 Å². The number of nitrogens with one attached hydrogen (secondary N) is 2. The van der Waals surface area contributed by atoms with Crippen LogP contribution in [0.15, 0.2) is 23.2 Å². The minimum Gasteiger partial charge on any atom is -0.357 e. The molecule has 0 saturated heterocycles. The number of hydrogen-bond acceptors (Lipinski definition) is 1. The fourth-order valence-electron chi connectivity index (χ4n) is 1.65. The first-order chi connectivity index (χ1) is 9.01. The lowest BCUT2D eigenvalue weighted by Gasteiger charge is -2.13. The van der Waals surface area contributed by atoms with E-state index in [1.807, 2.05) is 20.8 Å². The molecule has 3 nitrogen and oxygen atoms in total.